The molecule has 1 aliphatic rings. The molecule has 0 spiro atoms. The maximum absolute atomic E-state index is 13.3. The van der Waals surface area contributed by atoms with E-state index in [1.54, 1.807) is 24.4 Å². The zero-order chi connectivity index (χ0) is 20.1. The van der Waals surface area contributed by atoms with Crippen LogP contribution < -0.4 is 10.2 Å². The number of hydrogen-bond donors (Lipinski definition) is 1. The molecule has 4 rings (SSSR count). The molecule has 2 heterocycles. The number of halogens is 1. The molecule has 1 N–H and O–H groups in total. The number of hydrogen-bond acceptors (Lipinski definition) is 4. The Hall–Kier alpha value is -3.28. The molecule has 2 aromatic carbocycles. The van der Waals surface area contributed by atoms with Crippen LogP contribution in [0, 0.1) is 11.7 Å². The molecule has 0 unspecified atom stereocenters. The summed E-state index contributed by atoms with van der Waals surface area (Å²) in [5.41, 5.74) is 2.04. The summed E-state index contributed by atoms with van der Waals surface area (Å²) in [5, 5.41) is 2.68. The van der Waals surface area contributed by atoms with Crippen LogP contribution in [0.25, 0.3) is 0 Å². The first-order valence-electron chi connectivity index (χ1n) is 9.86. The van der Waals surface area contributed by atoms with Crippen molar-refractivity contribution >= 4 is 17.5 Å². The lowest BCUT2D eigenvalue weighted by atomic mass is 9.90. The van der Waals surface area contributed by atoms with Gasteiger partial charge in [-0.1, -0.05) is 36.4 Å². The van der Waals surface area contributed by atoms with Crippen LogP contribution in [-0.4, -0.2) is 29.0 Å². The van der Waals surface area contributed by atoms with E-state index in [9.17, 15) is 9.18 Å². The predicted molar refractivity (Wildman–Crippen MR) is 111 cm³/mol. The zero-order valence-corrected chi connectivity index (χ0v) is 16.1. The second kappa shape index (κ2) is 8.82. The Bertz CT molecular complexity index is 971. The molecule has 0 bridgehead atoms. The summed E-state index contributed by atoms with van der Waals surface area (Å²) >= 11 is 0. The van der Waals surface area contributed by atoms with Crippen LogP contribution in [0.4, 0.5) is 16.0 Å². The van der Waals surface area contributed by atoms with E-state index in [0.29, 0.717) is 17.6 Å². The first-order chi connectivity index (χ1) is 14.2. The Morgan fingerprint density at radius 3 is 2.62 bits per heavy atom. The van der Waals surface area contributed by atoms with Crippen LogP contribution >= 0.6 is 0 Å². The van der Waals surface area contributed by atoms with Gasteiger partial charge >= 0.3 is 0 Å². The monoisotopic (exact) mass is 390 g/mol. The number of piperidine rings is 1. The normalized spacial score (nSPS) is 14.6. The van der Waals surface area contributed by atoms with Crippen LogP contribution in [-0.2, 0) is 6.42 Å². The van der Waals surface area contributed by atoms with Gasteiger partial charge in [0.25, 0.3) is 5.91 Å². The van der Waals surface area contributed by atoms with E-state index in [1.165, 1.54) is 17.7 Å². The number of amides is 1. The highest BCUT2D eigenvalue weighted by atomic mass is 19.1. The minimum atomic E-state index is -0.399. The highest BCUT2D eigenvalue weighted by molar-refractivity contribution is 6.02. The van der Waals surface area contributed by atoms with Crippen molar-refractivity contribution in [2.75, 3.05) is 23.3 Å². The molecule has 5 nitrogen and oxygen atoms in total. The highest BCUT2D eigenvalue weighted by Crippen LogP contribution is 2.24. The number of benzene rings is 2. The standard InChI is InChI=1S/C23H23FN4O/c24-19-7-4-8-20(16-19)26-22(29)21-9-12-25-23(27-21)28-13-10-18(11-14-28)15-17-5-2-1-3-6-17/h1-9,12,16,18H,10-11,13-15H2,(H,26,29). The van der Waals surface area contributed by atoms with Crippen LogP contribution in [0.1, 0.15) is 28.9 Å². The van der Waals surface area contributed by atoms with Gasteiger partial charge in [-0.25, -0.2) is 14.4 Å². The van der Waals surface area contributed by atoms with Gasteiger partial charge in [-0.2, -0.15) is 0 Å². The molecule has 148 valence electrons. The zero-order valence-electron chi connectivity index (χ0n) is 16.1. The number of anilines is 2. The molecule has 0 atom stereocenters. The van der Waals surface area contributed by atoms with Gasteiger partial charge in [0.15, 0.2) is 0 Å². The molecule has 0 aliphatic carbocycles. The van der Waals surface area contributed by atoms with Crippen molar-refractivity contribution in [2.45, 2.75) is 19.3 Å². The van der Waals surface area contributed by atoms with Crippen LogP contribution in [0.2, 0.25) is 0 Å². The van der Waals surface area contributed by atoms with Crippen molar-refractivity contribution in [3.8, 4) is 0 Å². The predicted octanol–water partition coefficient (Wildman–Crippen LogP) is 4.33. The van der Waals surface area contributed by atoms with Crippen molar-refractivity contribution in [3.63, 3.8) is 0 Å². The van der Waals surface area contributed by atoms with Gasteiger partial charge in [-0.05, 0) is 55.0 Å². The number of nitrogens with one attached hydrogen (secondary N) is 1. The Labute approximate surface area is 169 Å². The Balaban J connectivity index is 1.37. The molecule has 1 fully saturated rings. The lowest BCUT2D eigenvalue weighted by Gasteiger charge is -2.32. The molecule has 29 heavy (non-hydrogen) atoms. The van der Waals surface area contributed by atoms with Crippen molar-refractivity contribution in [1.82, 2.24) is 9.97 Å². The Morgan fingerprint density at radius 1 is 1.07 bits per heavy atom. The van der Waals surface area contributed by atoms with E-state index in [1.807, 2.05) is 6.07 Å². The third kappa shape index (κ3) is 4.96. The summed E-state index contributed by atoms with van der Waals surface area (Å²) in [6, 6.07) is 17.9. The highest BCUT2D eigenvalue weighted by Gasteiger charge is 2.22. The first-order valence-corrected chi connectivity index (χ1v) is 9.86. The van der Waals surface area contributed by atoms with Gasteiger partial charge in [-0.15, -0.1) is 0 Å². The van der Waals surface area contributed by atoms with Crippen molar-refractivity contribution in [1.29, 1.82) is 0 Å². The van der Waals surface area contributed by atoms with E-state index in [0.717, 1.165) is 32.4 Å². The lowest BCUT2D eigenvalue weighted by molar-refractivity contribution is 0.102. The van der Waals surface area contributed by atoms with Gasteiger partial charge in [0, 0.05) is 25.0 Å². The van der Waals surface area contributed by atoms with Gasteiger partial charge in [0.2, 0.25) is 5.95 Å². The first kappa shape index (κ1) is 19.1. The summed E-state index contributed by atoms with van der Waals surface area (Å²) in [5.74, 6) is 0.436. The fourth-order valence-corrected chi connectivity index (χ4v) is 3.67. The molecule has 6 heteroatoms. The average Bonchev–Trinajstić information content (AvgIpc) is 2.75. The van der Waals surface area contributed by atoms with Gasteiger partial charge in [0.05, 0.1) is 0 Å². The molecule has 0 radical (unpaired) electrons. The van der Waals surface area contributed by atoms with Crippen molar-refractivity contribution < 1.29 is 9.18 Å². The van der Waals surface area contributed by atoms with E-state index in [4.69, 9.17) is 0 Å². The third-order valence-electron chi connectivity index (χ3n) is 5.22. The maximum Gasteiger partial charge on any atom is 0.274 e. The SMILES string of the molecule is O=C(Nc1cccc(F)c1)c1ccnc(N2CCC(Cc3ccccc3)CC2)n1. The van der Waals surface area contributed by atoms with Crippen molar-refractivity contribution in [2.24, 2.45) is 5.92 Å². The number of carbonyl (C=O) groups excluding carboxylic acids is 1. The molecular weight excluding hydrogens is 367 g/mol. The fraction of sp³-hybridized carbons (Fsp3) is 0.261. The van der Waals surface area contributed by atoms with Gasteiger partial charge in [-0.3, -0.25) is 4.79 Å². The second-order valence-electron chi connectivity index (χ2n) is 7.33. The summed E-state index contributed by atoms with van der Waals surface area (Å²) in [6.07, 6.45) is 4.82. The molecule has 0 saturated carbocycles. The lowest BCUT2D eigenvalue weighted by Crippen LogP contribution is -2.35. The topological polar surface area (TPSA) is 58.1 Å². The van der Waals surface area contributed by atoms with E-state index < -0.39 is 5.82 Å². The Kier molecular flexibility index (Phi) is 5.79. The molecule has 1 aliphatic heterocycles. The molecule has 3 aromatic rings. The minimum absolute atomic E-state index is 0.269. The summed E-state index contributed by atoms with van der Waals surface area (Å²) in [6.45, 7) is 1.74. The van der Waals surface area contributed by atoms with Crippen LogP contribution in [0.15, 0.2) is 66.9 Å². The summed E-state index contributed by atoms with van der Waals surface area (Å²) in [4.78, 5) is 23.4. The number of aromatic nitrogens is 2. The number of carbonyl (C=O) groups is 1. The Morgan fingerprint density at radius 2 is 1.86 bits per heavy atom. The molecule has 1 saturated heterocycles. The average molecular weight is 390 g/mol. The third-order valence-corrected chi connectivity index (χ3v) is 5.22. The minimum Gasteiger partial charge on any atom is -0.341 e. The van der Waals surface area contributed by atoms with Gasteiger partial charge < -0.3 is 10.2 Å². The quantitative estimate of drug-likeness (QED) is 0.705. The number of rotatable bonds is 5. The molecule has 1 aromatic heterocycles. The molecular formula is C23H23FN4O. The van der Waals surface area contributed by atoms with Crippen LogP contribution in [0.3, 0.4) is 0 Å². The summed E-state index contributed by atoms with van der Waals surface area (Å²) in [7, 11) is 0. The van der Waals surface area contributed by atoms with Gasteiger partial charge in [0.1, 0.15) is 11.5 Å². The smallest absolute Gasteiger partial charge is 0.274 e. The number of nitrogens with zero attached hydrogens (tertiary/aromatic N) is 3. The van der Waals surface area contributed by atoms with Crippen molar-refractivity contribution in [3.05, 3.63) is 83.9 Å². The second-order valence-corrected chi connectivity index (χ2v) is 7.33. The van der Waals surface area contributed by atoms with Crippen LogP contribution in [0.5, 0.6) is 0 Å². The van der Waals surface area contributed by atoms with E-state index >= 15 is 0 Å². The fourth-order valence-electron chi connectivity index (χ4n) is 3.67. The largest absolute Gasteiger partial charge is 0.341 e. The van der Waals surface area contributed by atoms with E-state index in [2.05, 4.69) is 44.5 Å². The maximum atomic E-state index is 13.3. The van der Waals surface area contributed by atoms with E-state index in [-0.39, 0.29) is 11.6 Å². The molecule has 1 amide bonds. The summed E-state index contributed by atoms with van der Waals surface area (Å²) < 4.78 is 13.3.